The van der Waals surface area contributed by atoms with Crippen molar-refractivity contribution in [2.45, 2.75) is 32.4 Å². The van der Waals surface area contributed by atoms with Crippen LogP contribution in [0.4, 0.5) is 4.39 Å². The van der Waals surface area contributed by atoms with Crippen LogP contribution in [0.15, 0.2) is 36.7 Å². The second-order valence-corrected chi connectivity index (χ2v) is 6.17. The Hall–Kier alpha value is -3.03. The quantitative estimate of drug-likeness (QED) is 0.794. The van der Waals surface area contributed by atoms with Crippen molar-refractivity contribution in [3.8, 4) is 5.69 Å². The van der Waals surface area contributed by atoms with Gasteiger partial charge in [-0.25, -0.2) is 19.0 Å². The monoisotopic (exact) mass is 340 g/mol. The van der Waals surface area contributed by atoms with Gasteiger partial charge in [-0.3, -0.25) is 4.79 Å². The number of carbonyl (C=O) groups excluding carboxylic acids is 1. The Bertz CT molecular complexity index is 929. The molecule has 0 spiro atoms. The maximum absolute atomic E-state index is 13.1. The number of rotatable bonds is 3. The first-order chi connectivity index (χ1) is 12.0. The van der Waals surface area contributed by atoms with E-state index in [1.54, 1.807) is 25.3 Å². The zero-order valence-corrected chi connectivity index (χ0v) is 13.8. The fourth-order valence-electron chi connectivity index (χ4n) is 3.19. The standard InChI is InChI=1S/C17H17FN6O/c1-10-9-14(16-19-7-8-23(10)16)21-17(25)15-20-11(2)24(22-15)13-5-3-12(18)4-6-13/h3-8,10,14H,9H2,1-2H3,(H,21,25). The molecule has 8 heteroatoms. The summed E-state index contributed by atoms with van der Waals surface area (Å²) in [5, 5.41) is 7.21. The lowest BCUT2D eigenvalue weighted by molar-refractivity contribution is 0.0924. The van der Waals surface area contributed by atoms with Crippen LogP contribution in [0, 0.1) is 12.7 Å². The highest BCUT2D eigenvalue weighted by Crippen LogP contribution is 2.32. The summed E-state index contributed by atoms with van der Waals surface area (Å²) in [5.74, 6) is 0.802. The average Bonchev–Trinajstić information content (AvgIpc) is 3.27. The van der Waals surface area contributed by atoms with E-state index in [2.05, 4.69) is 31.9 Å². The van der Waals surface area contributed by atoms with Crippen molar-refractivity contribution in [3.63, 3.8) is 0 Å². The van der Waals surface area contributed by atoms with Gasteiger partial charge in [-0.15, -0.1) is 5.10 Å². The van der Waals surface area contributed by atoms with Crippen molar-refractivity contribution < 1.29 is 9.18 Å². The largest absolute Gasteiger partial charge is 0.339 e. The number of amides is 1. The number of nitrogens with zero attached hydrogens (tertiary/aromatic N) is 5. The normalized spacial score (nSPS) is 19.0. The van der Waals surface area contributed by atoms with Crippen molar-refractivity contribution in [2.24, 2.45) is 0 Å². The van der Waals surface area contributed by atoms with E-state index in [1.165, 1.54) is 16.8 Å². The number of benzene rings is 1. The molecular weight excluding hydrogens is 323 g/mol. The van der Waals surface area contributed by atoms with E-state index < -0.39 is 0 Å². The number of aryl methyl sites for hydroxylation is 1. The molecule has 128 valence electrons. The zero-order valence-electron chi connectivity index (χ0n) is 13.8. The molecule has 3 heterocycles. The molecule has 0 radical (unpaired) electrons. The Morgan fingerprint density at radius 2 is 2.08 bits per heavy atom. The smallest absolute Gasteiger partial charge is 0.291 e. The molecule has 4 rings (SSSR count). The Morgan fingerprint density at radius 3 is 2.84 bits per heavy atom. The summed E-state index contributed by atoms with van der Waals surface area (Å²) in [5.41, 5.74) is 0.649. The van der Waals surface area contributed by atoms with Gasteiger partial charge in [0.25, 0.3) is 5.91 Å². The number of aromatic nitrogens is 5. The van der Waals surface area contributed by atoms with Gasteiger partial charge >= 0.3 is 0 Å². The SMILES string of the molecule is Cc1nc(C(=O)NC2CC(C)n3ccnc32)nn1-c1ccc(F)cc1. The van der Waals surface area contributed by atoms with Crippen LogP contribution in [0.25, 0.3) is 5.69 Å². The summed E-state index contributed by atoms with van der Waals surface area (Å²) in [7, 11) is 0. The number of hydrogen-bond donors (Lipinski definition) is 1. The lowest BCUT2D eigenvalue weighted by Gasteiger charge is -2.09. The van der Waals surface area contributed by atoms with Crippen molar-refractivity contribution in [1.82, 2.24) is 29.6 Å². The van der Waals surface area contributed by atoms with Crippen LogP contribution in [-0.4, -0.2) is 30.2 Å². The number of nitrogens with one attached hydrogen (secondary N) is 1. The lowest BCUT2D eigenvalue weighted by atomic mass is 10.1. The summed E-state index contributed by atoms with van der Waals surface area (Å²) in [6.45, 7) is 3.83. The number of halogens is 1. The van der Waals surface area contributed by atoms with Crippen LogP contribution >= 0.6 is 0 Å². The predicted molar refractivity (Wildman–Crippen MR) is 87.8 cm³/mol. The highest BCUT2D eigenvalue weighted by molar-refractivity contribution is 5.90. The van der Waals surface area contributed by atoms with E-state index in [9.17, 15) is 9.18 Å². The van der Waals surface area contributed by atoms with E-state index in [1.807, 2.05) is 6.20 Å². The summed E-state index contributed by atoms with van der Waals surface area (Å²) in [4.78, 5) is 21.1. The number of carbonyl (C=O) groups is 1. The average molecular weight is 340 g/mol. The molecule has 25 heavy (non-hydrogen) atoms. The van der Waals surface area contributed by atoms with Gasteiger partial charge in [0, 0.05) is 18.4 Å². The molecule has 1 aliphatic rings. The second-order valence-electron chi connectivity index (χ2n) is 6.17. The molecule has 1 amide bonds. The Kier molecular flexibility index (Phi) is 3.60. The molecule has 1 aromatic carbocycles. The van der Waals surface area contributed by atoms with E-state index >= 15 is 0 Å². The Balaban J connectivity index is 1.56. The van der Waals surface area contributed by atoms with Crippen molar-refractivity contribution in [2.75, 3.05) is 0 Å². The first kappa shape index (κ1) is 15.5. The number of imidazole rings is 1. The molecule has 2 unspecified atom stereocenters. The number of fused-ring (bicyclic) bond motifs is 1. The highest BCUT2D eigenvalue weighted by Gasteiger charge is 2.31. The van der Waals surface area contributed by atoms with Crippen molar-refractivity contribution in [1.29, 1.82) is 0 Å². The van der Waals surface area contributed by atoms with Gasteiger partial charge in [-0.05, 0) is 44.5 Å². The van der Waals surface area contributed by atoms with Crippen LogP contribution in [0.3, 0.4) is 0 Å². The first-order valence-electron chi connectivity index (χ1n) is 8.06. The maximum atomic E-state index is 13.1. The summed E-state index contributed by atoms with van der Waals surface area (Å²) < 4.78 is 16.6. The van der Waals surface area contributed by atoms with Crippen LogP contribution in [0.1, 0.15) is 47.7 Å². The van der Waals surface area contributed by atoms with Gasteiger partial charge in [-0.1, -0.05) is 0 Å². The van der Waals surface area contributed by atoms with Gasteiger partial charge < -0.3 is 9.88 Å². The van der Waals surface area contributed by atoms with Crippen LogP contribution in [0.2, 0.25) is 0 Å². The minimum absolute atomic E-state index is 0.0829. The molecular formula is C17H17FN6O. The third kappa shape index (κ3) is 2.69. The Labute approximate surface area is 143 Å². The Morgan fingerprint density at radius 1 is 1.32 bits per heavy atom. The van der Waals surface area contributed by atoms with Crippen LogP contribution in [0.5, 0.6) is 0 Å². The second kappa shape index (κ2) is 5.80. The predicted octanol–water partition coefficient (Wildman–Crippen LogP) is 2.35. The maximum Gasteiger partial charge on any atom is 0.291 e. The van der Waals surface area contributed by atoms with Gasteiger partial charge in [0.2, 0.25) is 5.82 Å². The molecule has 2 aromatic heterocycles. The molecule has 1 aliphatic heterocycles. The molecule has 0 saturated heterocycles. The third-order valence-corrected chi connectivity index (χ3v) is 4.41. The van der Waals surface area contributed by atoms with Gasteiger partial charge in [0.05, 0.1) is 11.7 Å². The van der Waals surface area contributed by atoms with Crippen molar-refractivity contribution in [3.05, 3.63) is 59.9 Å². The minimum atomic E-state index is -0.349. The van der Waals surface area contributed by atoms with Gasteiger partial charge in [0.15, 0.2) is 0 Å². The molecule has 0 saturated carbocycles. The minimum Gasteiger partial charge on any atom is -0.339 e. The molecule has 7 nitrogen and oxygen atoms in total. The molecule has 3 aromatic rings. The lowest BCUT2D eigenvalue weighted by Crippen LogP contribution is -2.28. The highest BCUT2D eigenvalue weighted by atomic mass is 19.1. The summed E-state index contributed by atoms with van der Waals surface area (Å²) >= 11 is 0. The van der Waals surface area contributed by atoms with Crippen LogP contribution in [-0.2, 0) is 0 Å². The van der Waals surface area contributed by atoms with Gasteiger partial charge in [0.1, 0.15) is 17.5 Å². The fourth-order valence-corrected chi connectivity index (χ4v) is 3.19. The fraction of sp³-hybridized carbons (Fsp3) is 0.294. The topological polar surface area (TPSA) is 77.6 Å². The van der Waals surface area contributed by atoms with E-state index in [4.69, 9.17) is 0 Å². The van der Waals surface area contributed by atoms with Crippen LogP contribution < -0.4 is 5.32 Å². The molecule has 2 atom stereocenters. The summed E-state index contributed by atoms with van der Waals surface area (Å²) in [6.07, 6.45) is 4.43. The first-order valence-corrected chi connectivity index (χ1v) is 8.06. The third-order valence-electron chi connectivity index (χ3n) is 4.41. The zero-order chi connectivity index (χ0) is 17.6. The summed E-state index contributed by atoms with van der Waals surface area (Å²) in [6, 6.07) is 6.00. The van der Waals surface area contributed by atoms with E-state index in [0.29, 0.717) is 11.5 Å². The van der Waals surface area contributed by atoms with E-state index in [-0.39, 0.29) is 29.6 Å². The molecule has 0 bridgehead atoms. The molecule has 0 aliphatic carbocycles. The molecule has 0 fully saturated rings. The molecule has 1 N–H and O–H groups in total. The van der Waals surface area contributed by atoms with Crippen molar-refractivity contribution >= 4 is 5.91 Å². The van der Waals surface area contributed by atoms with E-state index in [0.717, 1.165) is 12.2 Å². The number of hydrogen-bond acceptors (Lipinski definition) is 4. The van der Waals surface area contributed by atoms with Gasteiger partial charge in [-0.2, -0.15) is 0 Å².